The van der Waals surface area contributed by atoms with E-state index in [0.717, 1.165) is 41.5 Å². The van der Waals surface area contributed by atoms with Gasteiger partial charge in [-0.3, -0.25) is 4.90 Å². The molecule has 1 saturated carbocycles. The van der Waals surface area contributed by atoms with E-state index in [-0.39, 0.29) is 0 Å². The van der Waals surface area contributed by atoms with Crippen molar-refractivity contribution in [3.8, 4) is 0 Å². The van der Waals surface area contributed by atoms with Gasteiger partial charge in [-0.25, -0.2) is 0 Å². The van der Waals surface area contributed by atoms with Crippen molar-refractivity contribution >= 4 is 0 Å². The number of nitrogens with zero attached hydrogens (tertiary/aromatic N) is 2. The Morgan fingerprint density at radius 2 is 1.62 bits per heavy atom. The van der Waals surface area contributed by atoms with E-state index in [4.69, 9.17) is 0 Å². The number of likely N-dealkylation sites (tertiary alicyclic amines) is 2. The van der Waals surface area contributed by atoms with Crippen LogP contribution in [0.15, 0.2) is 0 Å². The highest BCUT2D eigenvalue weighted by atomic mass is 15.2. The Hall–Kier alpha value is -0.0800. The third-order valence-corrected chi connectivity index (χ3v) is 6.72. The largest absolute Gasteiger partial charge is 0.302 e. The summed E-state index contributed by atoms with van der Waals surface area (Å²) in [5, 5.41) is 0. The van der Waals surface area contributed by atoms with Crippen molar-refractivity contribution in [2.75, 3.05) is 32.7 Å². The summed E-state index contributed by atoms with van der Waals surface area (Å²) in [6.07, 6.45) is 2.96. The average molecular weight is 293 g/mol. The fourth-order valence-electron chi connectivity index (χ4n) is 5.82. The highest BCUT2D eigenvalue weighted by molar-refractivity contribution is 5.02. The van der Waals surface area contributed by atoms with Gasteiger partial charge in [0.25, 0.3) is 0 Å². The molecule has 2 nitrogen and oxygen atoms in total. The Balaban J connectivity index is 1.71. The molecule has 21 heavy (non-hydrogen) atoms. The molecule has 2 heteroatoms. The van der Waals surface area contributed by atoms with Crippen LogP contribution >= 0.6 is 0 Å². The molecular formula is C19H36N2. The van der Waals surface area contributed by atoms with Gasteiger partial charge < -0.3 is 4.90 Å². The molecule has 2 saturated heterocycles. The van der Waals surface area contributed by atoms with Gasteiger partial charge in [0.2, 0.25) is 0 Å². The third-order valence-electron chi connectivity index (χ3n) is 6.72. The molecule has 0 bridgehead atoms. The summed E-state index contributed by atoms with van der Waals surface area (Å²) in [5.41, 5.74) is 0. The minimum absolute atomic E-state index is 0.814. The van der Waals surface area contributed by atoms with Crippen molar-refractivity contribution in [2.45, 2.75) is 53.5 Å². The van der Waals surface area contributed by atoms with Gasteiger partial charge in [-0.1, -0.05) is 41.0 Å². The zero-order valence-corrected chi connectivity index (χ0v) is 14.9. The smallest absolute Gasteiger partial charge is 0.0165 e. The van der Waals surface area contributed by atoms with Crippen LogP contribution < -0.4 is 0 Å². The normalized spacial score (nSPS) is 44.9. The van der Waals surface area contributed by atoms with E-state index in [0.29, 0.717) is 0 Å². The molecule has 0 aromatic heterocycles. The van der Waals surface area contributed by atoms with Gasteiger partial charge in [-0.05, 0) is 48.5 Å². The fraction of sp³-hybridized carbons (Fsp3) is 1.00. The average Bonchev–Trinajstić information content (AvgIpc) is 2.82. The van der Waals surface area contributed by atoms with Crippen LogP contribution in [0.3, 0.4) is 0 Å². The van der Waals surface area contributed by atoms with Crippen molar-refractivity contribution in [3.05, 3.63) is 0 Å². The maximum atomic E-state index is 2.79. The minimum atomic E-state index is 0.814. The summed E-state index contributed by atoms with van der Waals surface area (Å²) in [7, 11) is 0. The lowest BCUT2D eigenvalue weighted by Crippen LogP contribution is -2.61. The highest BCUT2D eigenvalue weighted by Crippen LogP contribution is 2.48. The first-order valence-electron chi connectivity index (χ1n) is 9.47. The molecule has 0 radical (unpaired) electrons. The van der Waals surface area contributed by atoms with Crippen LogP contribution in [0.25, 0.3) is 0 Å². The molecule has 0 N–H and O–H groups in total. The van der Waals surface area contributed by atoms with E-state index in [2.05, 4.69) is 44.4 Å². The van der Waals surface area contributed by atoms with E-state index in [1.165, 1.54) is 45.6 Å². The molecule has 0 aromatic rings. The van der Waals surface area contributed by atoms with Crippen molar-refractivity contribution < 1.29 is 0 Å². The highest BCUT2D eigenvalue weighted by Gasteiger charge is 2.50. The minimum Gasteiger partial charge on any atom is -0.302 e. The zero-order chi connectivity index (χ0) is 15.1. The Labute approximate surface area is 132 Å². The lowest BCUT2D eigenvalue weighted by molar-refractivity contribution is -0.0524. The van der Waals surface area contributed by atoms with Crippen LogP contribution in [0, 0.1) is 35.5 Å². The second-order valence-corrected chi connectivity index (χ2v) is 8.71. The first-order chi connectivity index (χ1) is 10.0. The van der Waals surface area contributed by atoms with Crippen molar-refractivity contribution in [1.82, 2.24) is 9.80 Å². The Kier molecular flexibility index (Phi) is 4.66. The maximum Gasteiger partial charge on any atom is 0.0165 e. The lowest BCUT2D eigenvalue weighted by Gasteiger charge is -2.54. The monoisotopic (exact) mass is 292 g/mol. The molecule has 0 aromatic carbocycles. The lowest BCUT2D eigenvalue weighted by atomic mass is 9.62. The standard InChI is InChI=1S/C19H36N2/c1-6-21-10-15(5)19(21)16-8-7-14(4)17-11-20(9-13(2)3)12-18(16)17/h13-19H,6-12H2,1-5H3. The molecule has 122 valence electrons. The van der Waals surface area contributed by atoms with Gasteiger partial charge in [0.1, 0.15) is 0 Å². The first-order valence-corrected chi connectivity index (χ1v) is 9.47. The molecule has 6 atom stereocenters. The quantitative estimate of drug-likeness (QED) is 0.781. The van der Waals surface area contributed by atoms with Crippen LogP contribution in [-0.2, 0) is 0 Å². The molecule has 2 aliphatic heterocycles. The van der Waals surface area contributed by atoms with Gasteiger partial charge in [0, 0.05) is 32.2 Å². The van der Waals surface area contributed by atoms with Crippen molar-refractivity contribution in [1.29, 1.82) is 0 Å². The zero-order valence-electron chi connectivity index (χ0n) is 14.9. The van der Waals surface area contributed by atoms with E-state index in [9.17, 15) is 0 Å². The molecule has 3 fully saturated rings. The second kappa shape index (κ2) is 6.20. The van der Waals surface area contributed by atoms with Crippen LogP contribution in [-0.4, -0.2) is 48.6 Å². The summed E-state index contributed by atoms with van der Waals surface area (Å²) in [6.45, 7) is 18.8. The van der Waals surface area contributed by atoms with Crippen LogP contribution in [0.4, 0.5) is 0 Å². The Morgan fingerprint density at radius 3 is 2.24 bits per heavy atom. The number of hydrogen-bond donors (Lipinski definition) is 0. The van der Waals surface area contributed by atoms with E-state index >= 15 is 0 Å². The Morgan fingerprint density at radius 1 is 0.905 bits per heavy atom. The number of rotatable bonds is 4. The van der Waals surface area contributed by atoms with Gasteiger partial charge >= 0.3 is 0 Å². The maximum absolute atomic E-state index is 2.79. The SMILES string of the molecule is CCN1CC(C)C1C1CCC(C)C2CN(CC(C)C)CC21. The summed E-state index contributed by atoms with van der Waals surface area (Å²) >= 11 is 0. The predicted molar refractivity (Wildman–Crippen MR) is 90.3 cm³/mol. The van der Waals surface area contributed by atoms with Crippen molar-refractivity contribution in [3.63, 3.8) is 0 Å². The van der Waals surface area contributed by atoms with Gasteiger partial charge in [-0.15, -0.1) is 0 Å². The second-order valence-electron chi connectivity index (χ2n) is 8.71. The van der Waals surface area contributed by atoms with E-state index in [1.807, 2.05) is 0 Å². The third kappa shape index (κ3) is 2.91. The molecular weight excluding hydrogens is 256 g/mol. The predicted octanol–water partition coefficient (Wildman–Crippen LogP) is 3.58. The molecule has 1 aliphatic carbocycles. The van der Waals surface area contributed by atoms with Crippen LogP contribution in [0.1, 0.15) is 47.5 Å². The fourth-order valence-corrected chi connectivity index (χ4v) is 5.82. The Bertz CT molecular complexity index is 353. The number of fused-ring (bicyclic) bond motifs is 1. The van der Waals surface area contributed by atoms with Crippen molar-refractivity contribution in [2.24, 2.45) is 35.5 Å². The summed E-state index contributed by atoms with van der Waals surface area (Å²) < 4.78 is 0. The summed E-state index contributed by atoms with van der Waals surface area (Å²) in [5.74, 6) is 5.64. The molecule has 3 aliphatic rings. The first kappa shape index (κ1) is 15.8. The van der Waals surface area contributed by atoms with Crippen LogP contribution in [0.5, 0.6) is 0 Å². The summed E-state index contributed by atoms with van der Waals surface area (Å²) in [4.78, 5) is 5.54. The molecule has 6 unspecified atom stereocenters. The molecule has 0 spiro atoms. The number of hydrogen-bond acceptors (Lipinski definition) is 2. The molecule has 3 rings (SSSR count). The van der Waals surface area contributed by atoms with Gasteiger partial charge in [0.05, 0.1) is 0 Å². The van der Waals surface area contributed by atoms with Crippen LogP contribution in [0.2, 0.25) is 0 Å². The topological polar surface area (TPSA) is 6.48 Å². The van der Waals surface area contributed by atoms with E-state index < -0.39 is 0 Å². The van der Waals surface area contributed by atoms with Gasteiger partial charge in [0.15, 0.2) is 0 Å². The van der Waals surface area contributed by atoms with Gasteiger partial charge in [-0.2, -0.15) is 0 Å². The van der Waals surface area contributed by atoms with E-state index in [1.54, 1.807) is 0 Å². The molecule has 0 amide bonds. The molecule has 2 heterocycles. The summed E-state index contributed by atoms with van der Waals surface area (Å²) in [6, 6.07) is 0.897.